The Bertz CT molecular complexity index is 788. The van der Waals surface area contributed by atoms with Crippen LogP contribution in [-0.2, 0) is 18.3 Å². The largest absolute Gasteiger partial charge is 0.481 e. The van der Waals surface area contributed by atoms with E-state index in [9.17, 15) is 9.18 Å². The predicted octanol–water partition coefficient (Wildman–Crippen LogP) is 1.98. The predicted molar refractivity (Wildman–Crippen MR) is 67.6 cm³/mol. The molecule has 0 fully saturated rings. The molecule has 19 heavy (non-hydrogen) atoms. The highest BCUT2D eigenvalue weighted by Gasteiger charge is 2.14. The summed E-state index contributed by atoms with van der Waals surface area (Å²) in [4.78, 5) is 14.9. The van der Waals surface area contributed by atoms with E-state index in [0.717, 1.165) is 5.69 Å². The van der Waals surface area contributed by atoms with Gasteiger partial charge in [0.15, 0.2) is 5.82 Å². The van der Waals surface area contributed by atoms with Crippen molar-refractivity contribution in [2.75, 3.05) is 0 Å². The van der Waals surface area contributed by atoms with Gasteiger partial charge in [0.25, 0.3) is 0 Å². The van der Waals surface area contributed by atoms with E-state index < -0.39 is 5.97 Å². The number of nitrogens with zero attached hydrogens (tertiary/aromatic N) is 3. The van der Waals surface area contributed by atoms with Gasteiger partial charge < -0.3 is 9.67 Å². The minimum Gasteiger partial charge on any atom is -0.481 e. The summed E-state index contributed by atoms with van der Waals surface area (Å²) >= 11 is 0. The van der Waals surface area contributed by atoms with Crippen molar-refractivity contribution < 1.29 is 14.3 Å². The van der Waals surface area contributed by atoms with Crippen molar-refractivity contribution in [3.8, 4) is 0 Å². The second kappa shape index (κ2) is 4.08. The Morgan fingerprint density at radius 1 is 1.47 bits per heavy atom. The molecule has 1 N–H and O–H groups in total. The van der Waals surface area contributed by atoms with Gasteiger partial charge in [0.05, 0.1) is 11.9 Å². The maximum absolute atomic E-state index is 13.6. The lowest BCUT2D eigenvalue weighted by Gasteiger charge is -1.99. The maximum atomic E-state index is 13.6. The highest BCUT2D eigenvalue weighted by Crippen LogP contribution is 2.21. The molecule has 0 saturated heterocycles. The van der Waals surface area contributed by atoms with Crippen molar-refractivity contribution in [2.45, 2.75) is 12.8 Å². The van der Waals surface area contributed by atoms with E-state index in [1.807, 2.05) is 6.20 Å². The van der Waals surface area contributed by atoms with Gasteiger partial charge >= 0.3 is 5.97 Å². The molecule has 0 radical (unpaired) electrons. The quantitative estimate of drug-likeness (QED) is 0.784. The van der Waals surface area contributed by atoms with Crippen LogP contribution in [0.4, 0.5) is 4.39 Å². The molecule has 0 aliphatic rings. The average Bonchev–Trinajstić information content (AvgIpc) is 2.87. The van der Waals surface area contributed by atoms with Gasteiger partial charge in [-0.25, -0.2) is 9.37 Å². The lowest BCUT2D eigenvalue weighted by Crippen LogP contribution is -2.02. The normalized spacial score (nSPS) is 11.5. The van der Waals surface area contributed by atoms with Gasteiger partial charge in [0.2, 0.25) is 5.78 Å². The minimum absolute atomic E-state index is 0.0628. The fraction of sp³-hybridized carbons (Fsp3) is 0.231. The number of para-hydroxylation sites is 1. The first-order valence-corrected chi connectivity index (χ1v) is 5.90. The Kier molecular flexibility index (Phi) is 2.51. The Labute approximate surface area is 107 Å². The summed E-state index contributed by atoms with van der Waals surface area (Å²) in [5, 5.41) is 8.72. The maximum Gasteiger partial charge on any atom is 0.303 e. The summed E-state index contributed by atoms with van der Waals surface area (Å²) in [6.07, 6.45) is 2.30. The number of carboxylic acid groups (broad SMARTS) is 1. The SMILES string of the molecule is Cn1c(CCC(=O)O)cn2c3cccc(F)c3nc12. The van der Waals surface area contributed by atoms with Crippen molar-refractivity contribution in [3.63, 3.8) is 0 Å². The van der Waals surface area contributed by atoms with Crippen LogP contribution in [0.25, 0.3) is 16.8 Å². The summed E-state index contributed by atoms with van der Waals surface area (Å²) in [6, 6.07) is 4.80. The first-order chi connectivity index (χ1) is 9.08. The zero-order chi connectivity index (χ0) is 13.6. The Morgan fingerprint density at radius 3 is 3.00 bits per heavy atom. The first kappa shape index (κ1) is 11.7. The summed E-state index contributed by atoms with van der Waals surface area (Å²) in [6.45, 7) is 0. The molecule has 0 unspecified atom stereocenters. The summed E-state index contributed by atoms with van der Waals surface area (Å²) in [7, 11) is 1.80. The lowest BCUT2D eigenvalue weighted by atomic mass is 10.2. The van der Waals surface area contributed by atoms with Gasteiger partial charge in [-0.2, -0.15) is 0 Å². The monoisotopic (exact) mass is 261 g/mol. The number of carbonyl (C=O) groups is 1. The highest BCUT2D eigenvalue weighted by atomic mass is 19.1. The van der Waals surface area contributed by atoms with Gasteiger partial charge in [-0.3, -0.25) is 9.20 Å². The molecule has 3 aromatic rings. The number of imidazole rings is 2. The van der Waals surface area contributed by atoms with Gasteiger partial charge in [-0.1, -0.05) is 6.07 Å². The molecule has 1 aromatic carbocycles. The molecule has 6 heteroatoms. The van der Waals surface area contributed by atoms with Gasteiger partial charge in [-0.05, 0) is 18.6 Å². The summed E-state index contributed by atoms with van der Waals surface area (Å²) in [5.74, 6) is -0.580. The molecular weight excluding hydrogens is 249 g/mol. The fourth-order valence-electron chi connectivity index (χ4n) is 2.27. The van der Waals surface area contributed by atoms with Crippen molar-refractivity contribution >= 4 is 22.8 Å². The molecule has 0 aliphatic carbocycles. The van der Waals surface area contributed by atoms with Crippen LogP contribution in [0.1, 0.15) is 12.1 Å². The van der Waals surface area contributed by atoms with Crippen LogP contribution in [0.2, 0.25) is 0 Å². The third-order valence-corrected chi connectivity index (χ3v) is 3.26. The third kappa shape index (κ3) is 1.76. The third-order valence-electron chi connectivity index (χ3n) is 3.26. The van der Waals surface area contributed by atoms with E-state index >= 15 is 0 Å². The molecule has 0 amide bonds. The van der Waals surface area contributed by atoms with E-state index in [1.54, 1.807) is 28.1 Å². The molecule has 2 heterocycles. The number of hydrogen-bond acceptors (Lipinski definition) is 2. The van der Waals surface area contributed by atoms with Crippen LogP contribution in [0, 0.1) is 5.82 Å². The first-order valence-electron chi connectivity index (χ1n) is 5.90. The topological polar surface area (TPSA) is 59.5 Å². The van der Waals surface area contributed by atoms with Gasteiger partial charge in [0, 0.05) is 18.9 Å². The number of fused-ring (bicyclic) bond motifs is 3. The number of hydrogen-bond donors (Lipinski definition) is 1. The van der Waals surface area contributed by atoms with Crippen molar-refractivity contribution in [1.82, 2.24) is 14.0 Å². The molecule has 3 rings (SSSR count). The van der Waals surface area contributed by atoms with Crippen molar-refractivity contribution in [1.29, 1.82) is 0 Å². The zero-order valence-corrected chi connectivity index (χ0v) is 10.3. The van der Waals surface area contributed by atoms with Crippen molar-refractivity contribution in [3.05, 3.63) is 35.9 Å². The number of benzene rings is 1. The van der Waals surface area contributed by atoms with Crippen LogP contribution in [0.3, 0.4) is 0 Å². The summed E-state index contributed by atoms with van der Waals surface area (Å²) in [5.41, 5.74) is 1.88. The second-order valence-corrected chi connectivity index (χ2v) is 4.46. The second-order valence-electron chi connectivity index (χ2n) is 4.46. The number of aromatic nitrogens is 3. The van der Waals surface area contributed by atoms with E-state index in [-0.39, 0.29) is 12.2 Å². The number of carboxylic acids is 1. The average molecular weight is 261 g/mol. The van der Waals surface area contributed by atoms with E-state index in [4.69, 9.17) is 5.11 Å². The summed E-state index contributed by atoms with van der Waals surface area (Å²) < 4.78 is 17.2. The highest BCUT2D eigenvalue weighted by molar-refractivity contribution is 5.80. The molecule has 0 atom stereocenters. The standard InChI is InChI=1S/C13H12FN3O2/c1-16-8(5-6-11(18)19)7-17-10-4-2-3-9(14)12(10)15-13(16)17/h2-4,7H,5-6H2,1H3,(H,18,19). The zero-order valence-electron chi connectivity index (χ0n) is 10.3. The molecular formula is C13H12FN3O2. The lowest BCUT2D eigenvalue weighted by molar-refractivity contribution is -0.136. The van der Waals surface area contributed by atoms with Crippen LogP contribution in [0.15, 0.2) is 24.4 Å². The van der Waals surface area contributed by atoms with Gasteiger partial charge in [-0.15, -0.1) is 0 Å². The van der Waals surface area contributed by atoms with Gasteiger partial charge in [0.1, 0.15) is 5.52 Å². The van der Waals surface area contributed by atoms with E-state index in [1.165, 1.54) is 6.07 Å². The number of rotatable bonds is 3. The smallest absolute Gasteiger partial charge is 0.303 e. The Balaban J connectivity index is 2.17. The molecule has 5 nitrogen and oxygen atoms in total. The molecule has 0 saturated carbocycles. The molecule has 0 bridgehead atoms. The molecule has 0 spiro atoms. The molecule has 0 aliphatic heterocycles. The number of aliphatic carboxylic acids is 1. The molecule has 2 aromatic heterocycles. The minimum atomic E-state index is -0.838. The van der Waals surface area contributed by atoms with E-state index in [0.29, 0.717) is 23.2 Å². The van der Waals surface area contributed by atoms with Crippen LogP contribution < -0.4 is 0 Å². The molecule has 98 valence electrons. The fourth-order valence-corrected chi connectivity index (χ4v) is 2.27. The Morgan fingerprint density at radius 2 is 2.26 bits per heavy atom. The number of aryl methyl sites for hydroxylation is 2. The number of halogens is 1. The van der Waals surface area contributed by atoms with E-state index in [2.05, 4.69) is 4.98 Å². The van der Waals surface area contributed by atoms with Crippen LogP contribution in [-0.4, -0.2) is 25.0 Å². The van der Waals surface area contributed by atoms with Crippen LogP contribution in [0.5, 0.6) is 0 Å². The van der Waals surface area contributed by atoms with Crippen LogP contribution >= 0.6 is 0 Å². The Hall–Kier alpha value is -2.37. The van der Waals surface area contributed by atoms with Crippen molar-refractivity contribution in [2.24, 2.45) is 7.05 Å².